The molecule has 56 valence electrons. The Kier molecular flexibility index (Phi) is 1.62. The van der Waals surface area contributed by atoms with Crippen molar-refractivity contribution in [1.29, 1.82) is 0 Å². The summed E-state index contributed by atoms with van der Waals surface area (Å²) in [5, 5.41) is 2.09. The molecule has 0 atom stereocenters. The van der Waals surface area contributed by atoms with E-state index in [1.807, 2.05) is 12.1 Å². The largest absolute Gasteiger partial charge is 0.391 e. The zero-order chi connectivity index (χ0) is 7.84. The molecule has 0 aliphatic carbocycles. The molecule has 0 aliphatic heterocycles. The first-order chi connectivity index (χ1) is 5.25. The van der Waals surface area contributed by atoms with Crippen LogP contribution < -0.4 is 5.73 Å². The fourth-order valence-electron chi connectivity index (χ4n) is 1.03. The Bertz CT molecular complexity index is 394. The van der Waals surface area contributed by atoms with Crippen LogP contribution >= 0.6 is 27.3 Å². The van der Waals surface area contributed by atoms with Gasteiger partial charge in [0.25, 0.3) is 0 Å². The quantitative estimate of drug-likeness (QED) is 0.735. The third kappa shape index (κ3) is 1.26. The van der Waals surface area contributed by atoms with Gasteiger partial charge in [-0.3, -0.25) is 0 Å². The van der Waals surface area contributed by atoms with Gasteiger partial charge in [-0.25, -0.2) is 0 Å². The summed E-state index contributed by atoms with van der Waals surface area (Å²) in [5.41, 5.74) is 5.64. The SMILES string of the molecule is Nc1cc2ccc(Br)cc2s1. The van der Waals surface area contributed by atoms with E-state index in [-0.39, 0.29) is 0 Å². The highest BCUT2D eigenvalue weighted by Crippen LogP contribution is 2.29. The number of rotatable bonds is 0. The lowest BCUT2D eigenvalue weighted by atomic mass is 10.3. The third-order valence-electron chi connectivity index (χ3n) is 1.50. The van der Waals surface area contributed by atoms with Gasteiger partial charge in [-0.2, -0.15) is 0 Å². The summed E-state index contributed by atoms with van der Waals surface area (Å²) >= 11 is 5.02. The molecule has 1 heterocycles. The van der Waals surface area contributed by atoms with E-state index in [0.29, 0.717) is 0 Å². The Labute approximate surface area is 77.0 Å². The van der Waals surface area contributed by atoms with Crippen LogP contribution in [0, 0.1) is 0 Å². The van der Waals surface area contributed by atoms with Crippen LogP contribution in [0.4, 0.5) is 5.00 Å². The van der Waals surface area contributed by atoms with E-state index in [2.05, 4.69) is 28.1 Å². The van der Waals surface area contributed by atoms with Crippen molar-refractivity contribution in [2.45, 2.75) is 0 Å². The van der Waals surface area contributed by atoms with E-state index in [9.17, 15) is 0 Å². The van der Waals surface area contributed by atoms with Gasteiger partial charge in [-0.05, 0) is 23.6 Å². The zero-order valence-electron chi connectivity index (χ0n) is 5.67. The zero-order valence-corrected chi connectivity index (χ0v) is 8.08. The number of hydrogen-bond acceptors (Lipinski definition) is 2. The van der Waals surface area contributed by atoms with E-state index in [0.717, 1.165) is 9.47 Å². The molecular formula is C8H6BrNS. The Morgan fingerprint density at radius 1 is 1.27 bits per heavy atom. The molecule has 3 heteroatoms. The standard InChI is InChI=1S/C8H6BrNS/c9-6-2-1-5-3-8(10)11-7(5)4-6/h1-4H,10H2. The highest BCUT2D eigenvalue weighted by molar-refractivity contribution is 9.10. The van der Waals surface area contributed by atoms with Crippen molar-refractivity contribution in [2.75, 3.05) is 5.73 Å². The van der Waals surface area contributed by atoms with Crippen molar-refractivity contribution in [2.24, 2.45) is 0 Å². The van der Waals surface area contributed by atoms with E-state index in [1.54, 1.807) is 11.3 Å². The maximum absolute atomic E-state index is 5.64. The summed E-state index contributed by atoms with van der Waals surface area (Å²) in [6.45, 7) is 0. The minimum atomic E-state index is 0.873. The van der Waals surface area contributed by atoms with Crippen molar-refractivity contribution in [3.63, 3.8) is 0 Å². The van der Waals surface area contributed by atoms with Crippen LogP contribution in [0.15, 0.2) is 28.7 Å². The van der Waals surface area contributed by atoms with Crippen LogP contribution in [0.25, 0.3) is 10.1 Å². The lowest BCUT2D eigenvalue weighted by Gasteiger charge is -1.88. The van der Waals surface area contributed by atoms with Gasteiger partial charge in [0, 0.05) is 9.17 Å². The number of hydrogen-bond donors (Lipinski definition) is 1. The number of fused-ring (bicyclic) bond motifs is 1. The fraction of sp³-hybridized carbons (Fsp3) is 0. The van der Waals surface area contributed by atoms with Crippen molar-refractivity contribution >= 4 is 42.4 Å². The van der Waals surface area contributed by atoms with Gasteiger partial charge >= 0.3 is 0 Å². The fourth-order valence-corrected chi connectivity index (χ4v) is 2.41. The maximum atomic E-state index is 5.64. The summed E-state index contributed by atoms with van der Waals surface area (Å²) in [6, 6.07) is 8.16. The molecule has 2 N–H and O–H groups in total. The number of nitrogens with two attached hydrogens (primary N) is 1. The van der Waals surface area contributed by atoms with Gasteiger partial charge in [-0.1, -0.05) is 22.0 Å². The Morgan fingerprint density at radius 3 is 2.91 bits per heavy atom. The first kappa shape index (κ1) is 7.13. The van der Waals surface area contributed by atoms with Crippen LogP contribution in [0.3, 0.4) is 0 Å². The molecule has 0 radical (unpaired) electrons. The number of anilines is 1. The Morgan fingerprint density at radius 2 is 2.09 bits per heavy atom. The second kappa shape index (κ2) is 2.50. The van der Waals surface area contributed by atoms with Crippen LogP contribution in [-0.2, 0) is 0 Å². The predicted molar refractivity (Wildman–Crippen MR) is 53.9 cm³/mol. The van der Waals surface area contributed by atoms with Crippen molar-refractivity contribution in [1.82, 2.24) is 0 Å². The molecule has 1 nitrogen and oxygen atoms in total. The molecule has 0 aliphatic rings. The van der Waals surface area contributed by atoms with Gasteiger partial charge in [0.1, 0.15) is 0 Å². The average Bonchev–Trinajstić information content (AvgIpc) is 2.27. The lowest BCUT2D eigenvalue weighted by molar-refractivity contribution is 1.77. The first-order valence-corrected chi connectivity index (χ1v) is 4.81. The maximum Gasteiger partial charge on any atom is 0.0868 e. The second-order valence-corrected chi connectivity index (χ2v) is 4.36. The smallest absolute Gasteiger partial charge is 0.0868 e. The Balaban J connectivity index is 2.82. The normalized spacial score (nSPS) is 10.6. The van der Waals surface area contributed by atoms with Crippen molar-refractivity contribution < 1.29 is 0 Å². The summed E-state index contributed by atoms with van der Waals surface area (Å²) in [6.07, 6.45) is 0. The highest BCUT2D eigenvalue weighted by Gasteiger charge is 1.97. The second-order valence-electron chi connectivity index (χ2n) is 2.33. The van der Waals surface area contributed by atoms with Gasteiger partial charge in [-0.15, -0.1) is 11.3 Å². The molecule has 0 amide bonds. The number of nitrogen functional groups attached to an aromatic ring is 1. The topological polar surface area (TPSA) is 26.0 Å². The van der Waals surface area contributed by atoms with Gasteiger partial charge in [0.2, 0.25) is 0 Å². The molecule has 11 heavy (non-hydrogen) atoms. The third-order valence-corrected chi connectivity index (χ3v) is 2.92. The van der Waals surface area contributed by atoms with Crippen LogP contribution in [0.2, 0.25) is 0 Å². The molecule has 1 aromatic carbocycles. The molecule has 1 aromatic heterocycles. The highest BCUT2D eigenvalue weighted by atomic mass is 79.9. The van der Waals surface area contributed by atoms with Gasteiger partial charge < -0.3 is 5.73 Å². The van der Waals surface area contributed by atoms with E-state index >= 15 is 0 Å². The molecule has 0 bridgehead atoms. The molecule has 0 saturated heterocycles. The van der Waals surface area contributed by atoms with Crippen LogP contribution in [0.1, 0.15) is 0 Å². The minimum absolute atomic E-state index is 0.873. The van der Waals surface area contributed by atoms with E-state index in [1.165, 1.54) is 10.1 Å². The predicted octanol–water partition coefficient (Wildman–Crippen LogP) is 3.25. The van der Waals surface area contributed by atoms with Crippen LogP contribution in [0.5, 0.6) is 0 Å². The van der Waals surface area contributed by atoms with Gasteiger partial charge in [0.15, 0.2) is 0 Å². The minimum Gasteiger partial charge on any atom is -0.391 e. The van der Waals surface area contributed by atoms with E-state index < -0.39 is 0 Å². The monoisotopic (exact) mass is 227 g/mol. The molecule has 0 spiro atoms. The molecular weight excluding hydrogens is 222 g/mol. The molecule has 2 aromatic rings. The summed E-state index contributed by atoms with van der Waals surface area (Å²) < 4.78 is 2.34. The Hall–Kier alpha value is -0.540. The van der Waals surface area contributed by atoms with Gasteiger partial charge in [0.05, 0.1) is 5.00 Å². The molecule has 2 rings (SSSR count). The number of benzene rings is 1. The van der Waals surface area contributed by atoms with Crippen molar-refractivity contribution in [3.8, 4) is 0 Å². The first-order valence-electron chi connectivity index (χ1n) is 3.20. The molecule has 0 unspecified atom stereocenters. The molecule has 0 fully saturated rings. The molecule has 0 saturated carbocycles. The summed E-state index contributed by atoms with van der Waals surface area (Å²) in [7, 11) is 0. The number of halogens is 1. The summed E-state index contributed by atoms with van der Waals surface area (Å²) in [5.74, 6) is 0. The average molecular weight is 228 g/mol. The van der Waals surface area contributed by atoms with Crippen molar-refractivity contribution in [3.05, 3.63) is 28.7 Å². The van der Waals surface area contributed by atoms with Crippen LogP contribution in [-0.4, -0.2) is 0 Å². The lowest BCUT2D eigenvalue weighted by Crippen LogP contribution is -1.72. The van der Waals surface area contributed by atoms with E-state index in [4.69, 9.17) is 5.73 Å². The summed E-state index contributed by atoms with van der Waals surface area (Å²) in [4.78, 5) is 0. The number of thiophene rings is 1.